The van der Waals surface area contributed by atoms with Gasteiger partial charge in [-0.3, -0.25) is 9.79 Å². The normalized spacial score (nSPS) is 15.5. The number of unbranched alkanes of at least 4 members (excludes halogenated alkanes) is 1. The van der Waals surface area contributed by atoms with E-state index in [1.54, 1.807) is 13.2 Å². The van der Waals surface area contributed by atoms with Crippen LogP contribution < -0.4 is 20.7 Å². The third-order valence-electron chi connectivity index (χ3n) is 4.88. The van der Waals surface area contributed by atoms with E-state index in [-0.39, 0.29) is 35.8 Å². The summed E-state index contributed by atoms with van der Waals surface area (Å²) in [5, 5.41) is 9.58. The van der Waals surface area contributed by atoms with Gasteiger partial charge in [0, 0.05) is 49.9 Å². The SMILES string of the molecule is CCCCOc1ncccc1CNC(=NC)NCC1CC(=O)Nc2ccccc21.I. The maximum Gasteiger partial charge on any atom is 0.225 e. The number of aromatic nitrogens is 1. The zero-order valence-electron chi connectivity index (χ0n) is 17.5. The Morgan fingerprint density at radius 3 is 2.90 bits per heavy atom. The van der Waals surface area contributed by atoms with Crippen molar-refractivity contribution in [1.29, 1.82) is 0 Å². The van der Waals surface area contributed by atoms with Gasteiger partial charge in [0.1, 0.15) is 0 Å². The van der Waals surface area contributed by atoms with Crippen LogP contribution in [-0.4, -0.2) is 37.1 Å². The molecule has 1 atom stereocenters. The number of ether oxygens (including phenoxy) is 1. The number of hydrogen-bond donors (Lipinski definition) is 3. The highest BCUT2D eigenvalue weighted by Gasteiger charge is 2.24. The average molecular weight is 523 g/mol. The van der Waals surface area contributed by atoms with Crippen molar-refractivity contribution in [2.75, 3.05) is 25.5 Å². The van der Waals surface area contributed by atoms with Crippen LogP contribution in [0.15, 0.2) is 47.6 Å². The summed E-state index contributed by atoms with van der Waals surface area (Å²) in [6.45, 7) is 3.97. The van der Waals surface area contributed by atoms with Crippen molar-refractivity contribution in [1.82, 2.24) is 15.6 Å². The molecule has 0 saturated carbocycles. The lowest BCUT2D eigenvalue weighted by atomic mass is 9.90. The quantitative estimate of drug-likeness (QED) is 0.213. The van der Waals surface area contributed by atoms with Crippen LogP contribution in [0.4, 0.5) is 5.69 Å². The number of hydrogen-bond acceptors (Lipinski definition) is 4. The first kappa shape index (κ1) is 23.9. The van der Waals surface area contributed by atoms with Gasteiger partial charge in [-0.25, -0.2) is 4.98 Å². The highest BCUT2D eigenvalue weighted by Crippen LogP contribution is 2.31. The van der Waals surface area contributed by atoms with Gasteiger partial charge in [0.15, 0.2) is 5.96 Å². The molecule has 0 spiro atoms. The number of aliphatic imine (C=N–C) groups is 1. The number of nitrogens with one attached hydrogen (secondary N) is 3. The van der Waals surface area contributed by atoms with Crippen molar-refractivity contribution in [2.24, 2.45) is 4.99 Å². The van der Waals surface area contributed by atoms with Gasteiger partial charge in [-0.1, -0.05) is 37.6 Å². The molecule has 7 nitrogen and oxygen atoms in total. The Bertz CT molecular complexity index is 859. The van der Waals surface area contributed by atoms with E-state index in [0.29, 0.717) is 38.0 Å². The molecular weight excluding hydrogens is 493 g/mol. The van der Waals surface area contributed by atoms with E-state index in [9.17, 15) is 4.79 Å². The summed E-state index contributed by atoms with van der Waals surface area (Å²) in [6.07, 6.45) is 4.28. The number of para-hydroxylation sites is 1. The summed E-state index contributed by atoms with van der Waals surface area (Å²) in [5.41, 5.74) is 3.02. The molecule has 3 rings (SSSR count). The standard InChI is InChI=1S/C22H29N5O2.HI/c1-3-4-12-29-21-16(8-7-11-24-21)14-25-22(23-2)26-15-17-13-20(28)27-19-10-6-5-9-18(17)19;/h5-11,17H,3-4,12-15H2,1-2H3,(H,27,28)(H2,23,25,26);1H. The van der Waals surface area contributed by atoms with Gasteiger partial charge < -0.3 is 20.7 Å². The minimum Gasteiger partial charge on any atom is -0.477 e. The van der Waals surface area contributed by atoms with E-state index in [2.05, 4.69) is 38.9 Å². The number of nitrogens with zero attached hydrogens (tertiary/aromatic N) is 2. The van der Waals surface area contributed by atoms with Crippen LogP contribution in [0.2, 0.25) is 0 Å². The second kappa shape index (κ2) is 12.4. The molecule has 0 fully saturated rings. The minimum atomic E-state index is 0. The molecule has 162 valence electrons. The molecule has 0 aliphatic carbocycles. The fraction of sp³-hybridized carbons (Fsp3) is 0.409. The van der Waals surface area contributed by atoms with Gasteiger partial charge in [0.05, 0.1) is 6.61 Å². The largest absolute Gasteiger partial charge is 0.477 e. The predicted octanol–water partition coefficient (Wildman–Crippen LogP) is 3.67. The third-order valence-corrected chi connectivity index (χ3v) is 4.88. The number of halogens is 1. The number of rotatable bonds is 8. The molecule has 1 unspecified atom stereocenters. The maximum absolute atomic E-state index is 12.0. The van der Waals surface area contributed by atoms with Crippen LogP contribution >= 0.6 is 24.0 Å². The molecule has 0 radical (unpaired) electrons. The molecule has 1 amide bonds. The molecule has 1 aromatic heterocycles. The number of guanidine groups is 1. The molecule has 0 saturated heterocycles. The summed E-state index contributed by atoms with van der Waals surface area (Å²) in [4.78, 5) is 20.6. The monoisotopic (exact) mass is 523 g/mol. The first-order valence-corrected chi connectivity index (χ1v) is 10.1. The molecule has 0 bridgehead atoms. The molecule has 2 aromatic rings. The van der Waals surface area contributed by atoms with Gasteiger partial charge in [-0.15, -0.1) is 24.0 Å². The fourth-order valence-electron chi connectivity index (χ4n) is 3.31. The van der Waals surface area contributed by atoms with Gasteiger partial charge in [-0.05, 0) is 24.1 Å². The molecule has 8 heteroatoms. The summed E-state index contributed by atoms with van der Waals surface area (Å²) in [6, 6.07) is 11.8. The van der Waals surface area contributed by atoms with Crippen molar-refractivity contribution in [2.45, 2.75) is 38.6 Å². The van der Waals surface area contributed by atoms with Gasteiger partial charge in [0.2, 0.25) is 11.8 Å². The van der Waals surface area contributed by atoms with E-state index in [0.717, 1.165) is 29.7 Å². The smallest absolute Gasteiger partial charge is 0.225 e. The number of pyridine rings is 1. The maximum atomic E-state index is 12.0. The highest BCUT2D eigenvalue weighted by atomic mass is 127. The Morgan fingerprint density at radius 1 is 1.27 bits per heavy atom. The minimum absolute atomic E-state index is 0. The van der Waals surface area contributed by atoms with E-state index in [4.69, 9.17) is 4.74 Å². The van der Waals surface area contributed by atoms with Gasteiger partial charge >= 0.3 is 0 Å². The van der Waals surface area contributed by atoms with Crippen molar-refractivity contribution < 1.29 is 9.53 Å². The lowest BCUT2D eigenvalue weighted by Crippen LogP contribution is -2.40. The van der Waals surface area contributed by atoms with Crippen LogP contribution in [-0.2, 0) is 11.3 Å². The number of carbonyl (C=O) groups excluding carboxylic acids is 1. The zero-order chi connectivity index (χ0) is 20.5. The number of carbonyl (C=O) groups is 1. The lowest BCUT2D eigenvalue weighted by molar-refractivity contribution is -0.116. The summed E-state index contributed by atoms with van der Waals surface area (Å²) in [5.74, 6) is 1.48. The average Bonchev–Trinajstić information content (AvgIpc) is 2.74. The van der Waals surface area contributed by atoms with Crippen LogP contribution in [0.1, 0.15) is 43.2 Å². The summed E-state index contributed by atoms with van der Waals surface area (Å²) in [7, 11) is 1.73. The Balaban J connectivity index is 0.00000320. The van der Waals surface area contributed by atoms with Crippen LogP contribution in [0.3, 0.4) is 0 Å². The van der Waals surface area contributed by atoms with E-state index in [1.807, 2.05) is 30.3 Å². The molecule has 3 N–H and O–H groups in total. The van der Waals surface area contributed by atoms with E-state index < -0.39 is 0 Å². The highest BCUT2D eigenvalue weighted by molar-refractivity contribution is 14.0. The third kappa shape index (κ3) is 6.58. The Kier molecular flexibility index (Phi) is 9.85. The van der Waals surface area contributed by atoms with E-state index >= 15 is 0 Å². The van der Waals surface area contributed by atoms with Crippen molar-refractivity contribution in [3.8, 4) is 5.88 Å². The molecule has 2 heterocycles. The van der Waals surface area contributed by atoms with E-state index in [1.165, 1.54) is 0 Å². The first-order chi connectivity index (χ1) is 14.2. The first-order valence-electron chi connectivity index (χ1n) is 10.1. The summed E-state index contributed by atoms with van der Waals surface area (Å²) < 4.78 is 5.79. The molecular formula is C22H30IN5O2. The number of benzene rings is 1. The van der Waals surface area contributed by atoms with Crippen LogP contribution in [0.25, 0.3) is 0 Å². The van der Waals surface area contributed by atoms with Crippen LogP contribution in [0.5, 0.6) is 5.88 Å². The Labute approximate surface area is 195 Å². The van der Waals surface area contributed by atoms with Crippen molar-refractivity contribution >= 4 is 41.5 Å². The van der Waals surface area contributed by atoms with Gasteiger partial charge in [-0.2, -0.15) is 0 Å². The predicted molar refractivity (Wildman–Crippen MR) is 131 cm³/mol. The second-order valence-corrected chi connectivity index (χ2v) is 7.01. The number of amides is 1. The van der Waals surface area contributed by atoms with Crippen molar-refractivity contribution in [3.63, 3.8) is 0 Å². The van der Waals surface area contributed by atoms with Gasteiger partial charge in [0.25, 0.3) is 0 Å². The Hall–Kier alpha value is -2.36. The lowest BCUT2D eigenvalue weighted by Gasteiger charge is -2.26. The topological polar surface area (TPSA) is 87.6 Å². The molecule has 1 aromatic carbocycles. The molecule has 1 aliphatic heterocycles. The molecule has 1 aliphatic rings. The van der Waals surface area contributed by atoms with Crippen molar-refractivity contribution in [3.05, 3.63) is 53.7 Å². The molecule has 30 heavy (non-hydrogen) atoms. The Morgan fingerprint density at radius 2 is 2.10 bits per heavy atom. The second-order valence-electron chi connectivity index (χ2n) is 7.01. The number of anilines is 1. The zero-order valence-corrected chi connectivity index (χ0v) is 19.8. The number of fused-ring (bicyclic) bond motifs is 1. The summed E-state index contributed by atoms with van der Waals surface area (Å²) >= 11 is 0. The fourth-order valence-corrected chi connectivity index (χ4v) is 3.31. The van der Waals surface area contributed by atoms with Crippen LogP contribution in [0, 0.1) is 0 Å².